The van der Waals surface area contributed by atoms with Gasteiger partial charge in [-0.05, 0) is 13.3 Å². The van der Waals surface area contributed by atoms with E-state index in [-0.39, 0.29) is 0 Å². The summed E-state index contributed by atoms with van der Waals surface area (Å²) < 4.78 is 0. The summed E-state index contributed by atoms with van der Waals surface area (Å²) in [5.41, 5.74) is 0. The Morgan fingerprint density at radius 1 is 1.45 bits per heavy atom. The molecule has 0 heterocycles. The van der Waals surface area contributed by atoms with Gasteiger partial charge in [0.25, 0.3) is 0 Å². The molecule has 0 aromatic carbocycles. The van der Waals surface area contributed by atoms with E-state index in [2.05, 4.69) is 32.3 Å². The van der Waals surface area contributed by atoms with E-state index in [1.807, 2.05) is 6.08 Å². The molecule has 0 aromatic heterocycles. The Morgan fingerprint density at radius 2 is 2.18 bits per heavy atom. The predicted octanol–water partition coefficient (Wildman–Crippen LogP) is 3.39. The first kappa shape index (κ1) is 10.3. The molecule has 62 valence electrons. The van der Waals surface area contributed by atoms with Crippen molar-refractivity contribution >= 4 is 0 Å². The van der Waals surface area contributed by atoms with Crippen LogP contribution < -0.4 is 0 Å². The molecule has 0 aliphatic rings. The summed E-state index contributed by atoms with van der Waals surface area (Å²) in [6.07, 6.45) is 6.75. The van der Waals surface area contributed by atoms with E-state index in [0.717, 1.165) is 6.42 Å². The van der Waals surface area contributed by atoms with Crippen LogP contribution in [-0.2, 0) is 0 Å². The van der Waals surface area contributed by atoms with Gasteiger partial charge >= 0.3 is 0 Å². The van der Waals surface area contributed by atoms with Crippen molar-refractivity contribution in [2.75, 3.05) is 0 Å². The molecule has 0 saturated heterocycles. The lowest BCUT2D eigenvalue weighted by Gasteiger charge is -1.91. The van der Waals surface area contributed by atoms with E-state index in [0.29, 0.717) is 5.92 Å². The largest absolute Gasteiger partial charge is 0.103 e. The first-order valence-corrected chi connectivity index (χ1v) is 4.42. The summed E-state index contributed by atoms with van der Waals surface area (Å²) in [6.45, 7) is 7.95. The Morgan fingerprint density at radius 3 is 2.73 bits per heavy atom. The standard InChI is InChI=1S/C11H18/c1-4-6-7-8-9-10-11(3)5-2/h5,11H,2,4,6-8H2,1,3H3. The van der Waals surface area contributed by atoms with Crippen molar-refractivity contribution in [3.63, 3.8) is 0 Å². The van der Waals surface area contributed by atoms with Gasteiger partial charge in [0.05, 0.1) is 0 Å². The Hall–Kier alpha value is -0.700. The van der Waals surface area contributed by atoms with Crippen molar-refractivity contribution in [1.82, 2.24) is 0 Å². The molecule has 0 rings (SSSR count). The molecule has 0 N–H and O–H groups in total. The third-order valence-electron chi connectivity index (χ3n) is 1.59. The Balaban J connectivity index is 3.32. The minimum absolute atomic E-state index is 0.358. The number of allylic oxidation sites excluding steroid dienone is 1. The number of hydrogen-bond donors (Lipinski definition) is 0. The molecule has 0 heteroatoms. The van der Waals surface area contributed by atoms with Crippen molar-refractivity contribution in [3.8, 4) is 11.8 Å². The average Bonchev–Trinajstić information content (AvgIpc) is 2.04. The van der Waals surface area contributed by atoms with Crippen LogP contribution in [0.4, 0.5) is 0 Å². The summed E-state index contributed by atoms with van der Waals surface area (Å²) in [5, 5.41) is 0. The SMILES string of the molecule is C=CC(C)C#CCCCCC. The van der Waals surface area contributed by atoms with Crippen molar-refractivity contribution in [3.05, 3.63) is 12.7 Å². The van der Waals surface area contributed by atoms with Crippen LogP contribution in [0, 0.1) is 17.8 Å². The van der Waals surface area contributed by atoms with Crippen molar-refractivity contribution in [2.45, 2.75) is 39.5 Å². The quantitative estimate of drug-likeness (QED) is 0.327. The van der Waals surface area contributed by atoms with Gasteiger partial charge in [-0.15, -0.1) is 12.5 Å². The monoisotopic (exact) mass is 150 g/mol. The summed E-state index contributed by atoms with van der Waals surface area (Å²) in [4.78, 5) is 0. The van der Waals surface area contributed by atoms with E-state index in [4.69, 9.17) is 0 Å². The summed E-state index contributed by atoms with van der Waals surface area (Å²) >= 11 is 0. The van der Waals surface area contributed by atoms with Crippen LogP contribution in [0.15, 0.2) is 12.7 Å². The normalized spacial score (nSPS) is 11.5. The molecule has 0 spiro atoms. The number of rotatable bonds is 4. The molecular formula is C11H18. The highest BCUT2D eigenvalue weighted by atomic mass is 13.9. The van der Waals surface area contributed by atoms with Gasteiger partial charge in [-0.25, -0.2) is 0 Å². The first-order valence-electron chi connectivity index (χ1n) is 4.42. The molecule has 0 aliphatic heterocycles. The van der Waals surface area contributed by atoms with Crippen LogP contribution >= 0.6 is 0 Å². The average molecular weight is 150 g/mol. The smallest absolute Gasteiger partial charge is 0.0351 e. The first-order chi connectivity index (χ1) is 5.31. The summed E-state index contributed by atoms with van der Waals surface area (Å²) in [5.74, 6) is 6.63. The number of unbranched alkanes of at least 4 members (excludes halogenated alkanes) is 3. The highest BCUT2D eigenvalue weighted by Crippen LogP contribution is 1.98. The van der Waals surface area contributed by atoms with Crippen molar-refractivity contribution in [1.29, 1.82) is 0 Å². The Labute approximate surface area is 70.7 Å². The zero-order valence-corrected chi connectivity index (χ0v) is 7.69. The molecule has 0 amide bonds. The van der Waals surface area contributed by atoms with Gasteiger partial charge in [-0.1, -0.05) is 31.8 Å². The Kier molecular flexibility index (Phi) is 6.94. The molecule has 0 saturated carbocycles. The molecule has 11 heavy (non-hydrogen) atoms. The van der Waals surface area contributed by atoms with Crippen LogP contribution in [-0.4, -0.2) is 0 Å². The van der Waals surface area contributed by atoms with Gasteiger partial charge in [-0.3, -0.25) is 0 Å². The highest BCUT2D eigenvalue weighted by Gasteiger charge is 1.84. The maximum atomic E-state index is 3.67. The molecule has 0 nitrogen and oxygen atoms in total. The minimum atomic E-state index is 0.358. The van der Waals surface area contributed by atoms with Crippen molar-refractivity contribution < 1.29 is 0 Å². The molecule has 0 radical (unpaired) electrons. The molecule has 0 bridgehead atoms. The minimum Gasteiger partial charge on any atom is -0.103 e. The Bertz CT molecular complexity index is 145. The van der Waals surface area contributed by atoms with Crippen LogP contribution in [0.1, 0.15) is 39.5 Å². The van der Waals surface area contributed by atoms with Crippen LogP contribution in [0.5, 0.6) is 0 Å². The van der Waals surface area contributed by atoms with Gasteiger partial charge in [0.15, 0.2) is 0 Å². The fourth-order valence-electron chi connectivity index (χ4n) is 0.755. The third kappa shape index (κ3) is 7.19. The van der Waals surface area contributed by atoms with Crippen molar-refractivity contribution in [2.24, 2.45) is 5.92 Å². The van der Waals surface area contributed by atoms with Crippen LogP contribution in [0.2, 0.25) is 0 Å². The molecule has 1 atom stereocenters. The molecule has 0 aromatic rings. The van der Waals surface area contributed by atoms with Gasteiger partial charge < -0.3 is 0 Å². The fraction of sp³-hybridized carbons (Fsp3) is 0.636. The molecule has 0 aliphatic carbocycles. The summed E-state index contributed by atoms with van der Waals surface area (Å²) in [6, 6.07) is 0. The van der Waals surface area contributed by atoms with Gasteiger partial charge in [0.1, 0.15) is 0 Å². The zero-order valence-electron chi connectivity index (χ0n) is 7.69. The maximum absolute atomic E-state index is 3.67. The van der Waals surface area contributed by atoms with Gasteiger partial charge in [-0.2, -0.15) is 0 Å². The predicted molar refractivity (Wildman–Crippen MR) is 51.3 cm³/mol. The molecule has 1 unspecified atom stereocenters. The second kappa shape index (κ2) is 7.41. The fourth-order valence-corrected chi connectivity index (χ4v) is 0.755. The number of hydrogen-bond acceptors (Lipinski definition) is 0. The topological polar surface area (TPSA) is 0 Å². The van der Waals surface area contributed by atoms with E-state index < -0.39 is 0 Å². The van der Waals surface area contributed by atoms with Crippen LogP contribution in [0.25, 0.3) is 0 Å². The molecular weight excluding hydrogens is 132 g/mol. The van der Waals surface area contributed by atoms with Gasteiger partial charge in [0.2, 0.25) is 0 Å². The lowest BCUT2D eigenvalue weighted by molar-refractivity contribution is 0.736. The third-order valence-corrected chi connectivity index (χ3v) is 1.59. The lowest BCUT2D eigenvalue weighted by atomic mass is 10.1. The van der Waals surface area contributed by atoms with E-state index in [1.54, 1.807) is 0 Å². The second-order valence-corrected chi connectivity index (χ2v) is 2.80. The second-order valence-electron chi connectivity index (χ2n) is 2.80. The van der Waals surface area contributed by atoms with E-state index >= 15 is 0 Å². The molecule has 0 fully saturated rings. The van der Waals surface area contributed by atoms with E-state index in [9.17, 15) is 0 Å². The highest BCUT2D eigenvalue weighted by molar-refractivity contribution is 5.07. The van der Waals surface area contributed by atoms with E-state index in [1.165, 1.54) is 19.3 Å². The zero-order chi connectivity index (χ0) is 8.53. The summed E-state index contributed by atoms with van der Waals surface area (Å²) in [7, 11) is 0. The van der Waals surface area contributed by atoms with Crippen LogP contribution in [0.3, 0.4) is 0 Å². The maximum Gasteiger partial charge on any atom is 0.0351 e. The van der Waals surface area contributed by atoms with Gasteiger partial charge in [0, 0.05) is 12.3 Å². The lowest BCUT2D eigenvalue weighted by Crippen LogP contribution is -1.80.